The van der Waals surface area contributed by atoms with Gasteiger partial charge in [-0.25, -0.2) is 14.6 Å². The zero-order valence-electron chi connectivity index (χ0n) is 13.3. The fraction of sp³-hybridized carbons (Fsp3) is 0.105. The SMILES string of the molecule is COC(=O)c1ccccc1/C=C1\N=C(c2cccc(C)c2)OC1=O. The third kappa shape index (κ3) is 3.10. The van der Waals surface area contributed by atoms with Crippen LogP contribution in [0, 0.1) is 6.92 Å². The van der Waals surface area contributed by atoms with Crippen LogP contribution in [-0.2, 0) is 14.3 Å². The lowest BCUT2D eigenvalue weighted by atomic mass is 10.1. The fourth-order valence-corrected chi connectivity index (χ4v) is 2.38. The number of cyclic esters (lactones) is 1. The molecule has 0 radical (unpaired) electrons. The summed E-state index contributed by atoms with van der Waals surface area (Å²) in [4.78, 5) is 28.1. The van der Waals surface area contributed by atoms with E-state index in [-0.39, 0.29) is 11.6 Å². The van der Waals surface area contributed by atoms with E-state index in [1.807, 2.05) is 31.2 Å². The molecule has 0 unspecified atom stereocenters. The summed E-state index contributed by atoms with van der Waals surface area (Å²) in [5.74, 6) is -0.770. The number of carbonyl (C=O) groups excluding carboxylic acids is 2. The van der Waals surface area contributed by atoms with E-state index >= 15 is 0 Å². The van der Waals surface area contributed by atoms with Gasteiger partial charge in [-0.15, -0.1) is 0 Å². The van der Waals surface area contributed by atoms with Gasteiger partial charge in [0.2, 0.25) is 5.90 Å². The summed E-state index contributed by atoms with van der Waals surface area (Å²) in [5, 5.41) is 0. The van der Waals surface area contributed by atoms with E-state index in [9.17, 15) is 9.59 Å². The zero-order chi connectivity index (χ0) is 17.1. The number of benzene rings is 2. The lowest BCUT2D eigenvalue weighted by molar-refractivity contribution is -0.129. The first-order chi connectivity index (χ1) is 11.6. The minimum Gasteiger partial charge on any atom is -0.465 e. The van der Waals surface area contributed by atoms with Gasteiger partial charge in [-0.3, -0.25) is 0 Å². The molecule has 0 spiro atoms. The van der Waals surface area contributed by atoms with Crippen LogP contribution in [0.4, 0.5) is 0 Å². The molecule has 0 amide bonds. The normalized spacial score (nSPS) is 15.2. The molecular weight excluding hydrogens is 306 g/mol. The van der Waals surface area contributed by atoms with Crippen LogP contribution in [0.2, 0.25) is 0 Å². The average Bonchev–Trinajstić information content (AvgIpc) is 2.95. The van der Waals surface area contributed by atoms with Gasteiger partial charge in [-0.1, -0.05) is 35.9 Å². The summed E-state index contributed by atoms with van der Waals surface area (Å²) in [6.45, 7) is 1.95. The lowest BCUT2D eigenvalue weighted by Crippen LogP contribution is -2.06. The number of carbonyl (C=O) groups is 2. The maximum atomic E-state index is 12.1. The summed E-state index contributed by atoms with van der Waals surface area (Å²) >= 11 is 0. The van der Waals surface area contributed by atoms with Crippen LogP contribution in [0.15, 0.2) is 59.2 Å². The number of aliphatic imine (C=N–C) groups is 1. The van der Waals surface area contributed by atoms with Crippen LogP contribution in [0.3, 0.4) is 0 Å². The Bertz CT molecular complexity index is 880. The number of esters is 2. The summed E-state index contributed by atoms with van der Waals surface area (Å²) in [6, 6.07) is 14.4. The third-order valence-corrected chi connectivity index (χ3v) is 3.54. The molecule has 1 heterocycles. The van der Waals surface area contributed by atoms with Gasteiger partial charge < -0.3 is 9.47 Å². The summed E-state index contributed by atoms with van der Waals surface area (Å²) in [6.07, 6.45) is 1.53. The second kappa shape index (κ2) is 6.50. The van der Waals surface area contributed by atoms with E-state index in [1.165, 1.54) is 13.2 Å². The van der Waals surface area contributed by atoms with Crippen molar-refractivity contribution in [2.45, 2.75) is 6.92 Å². The second-order valence-corrected chi connectivity index (χ2v) is 5.28. The molecule has 0 atom stereocenters. The second-order valence-electron chi connectivity index (χ2n) is 5.28. The Morgan fingerprint density at radius 3 is 2.71 bits per heavy atom. The van der Waals surface area contributed by atoms with Crippen molar-refractivity contribution in [1.82, 2.24) is 0 Å². The topological polar surface area (TPSA) is 65.0 Å². The Labute approximate surface area is 139 Å². The zero-order valence-corrected chi connectivity index (χ0v) is 13.3. The summed E-state index contributed by atoms with van der Waals surface area (Å²) in [7, 11) is 1.31. The number of aryl methyl sites for hydroxylation is 1. The minimum absolute atomic E-state index is 0.142. The maximum absolute atomic E-state index is 12.1. The van der Waals surface area contributed by atoms with Crippen LogP contribution in [0.25, 0.3) is 6.08 Å². The van der Waals surface area contributed by atoms with Crippen molar-refractivity contribution in [2.75, 3.05) is 7.11 Å². The van der Waals surface area contributed by atoms with Crippen LogP contribution in [0.5, 0.6) is 0 Å². The number of hydrogen-bond donors (Lipinski definition) is 0. The number of ether oxygens (including phenoxy) is 2. The van der Waals surface area contributed by atoms with E-state index < -0.39 is 11.9 Å². The van der Waals surface area contributed by atoms with Crippen LogP contribution in [0.1, 0.15) is 27.0 Å². The lowest BCUT2D eigenvalue weighted by Gasteiger charge is -2.03. The van der Waals surface area contributed by atoms with E-state index in [2.05, 4.69) is 4.99 Å². The highest BCUT2D eigenvalue weighted by molar-refractivity contribution is 6.13. The van der Waals surface area contributed by atoms with Crippen molar-refractivity contribution < 1.29 is 19.1 Å². The molecule has 0 saturated heterocycles. The van der Waals surface area contributed by atoms with Crippen molar-refractivity contribution in [3.8, 4) is 0 Å². The predicted molar refractivity (Wildman–Crippen MR) is 89.6 cm³/mol. The standard InChI is InChI=1S/C19H15NO4/c1-12-6-5-8-14(10-12)17-20-16(19(22)24-17)11-13-7-3-4-9-15(13)18(21)23-2/h3-11H,1-2H3/b16-11-. The molecule has 0 saturated carbocycles. The van der Waals surface area contributed by atoms with Crippen LogP contribution >= 0.6 is 0 Å². The molecule has 0 bridgehead atoms. The Kier molecular flexibility index (Phi) is 4.24. The molecule has 24 heavy (non-hydrogen) atoms. The van der Waals surface area contributed by atoms with Gasteiger partial charge in [0.25, 0.3) is 0 Å². The fourth-order valence-electron chi connectivity index (χ4n) is 2.38. The van der Waals surface area contributed by atoms with Gasteiger partial charge in [0.05, 0.1) is 12.7 Å². The number of rotatable bonds is 3. The first kappa shape index (κ1) is 15.7. The molecule has 5 heteroatoms. The van der Waals surface area contributed by atoms with E-state index in [0.29, 0.717) is 11.1 Å². The number of hydrogen-bond acceptors (Lipinski definition) is 5. The molecule has 3 rings (SSSR count). The molecule has 0 N–H and O–H groups in total. The monoisotopic (exact) mass is 321 g/mol. The Morgan fingerprint density at radius 1 is 1.17 bits per heavy atom. The molecule has 5 nitrogen and oxygen atoms in total. The molecule has 1 aliphatic rings. The van der Waals surface area contributed by atoms with Gasteiger partial charge in [-0.2, -0.15) is 0 Å². The average molecular weight is 321 g/mol. The smallest absolute Gasteiger partial charge is 0.363 e. The number of methoxy groups -OCH3 is 1. The third-order valence-electron chi connectivity index (χ3n) is 3.54. The Balaban J connectivity index is 1.99. The molecule has 0 aromatic heterocycles. The highest BCUT2D eigenvalue weighted by atomic mass is 16.6. The first-order valence-electron chi connectivity index (χ1n) is 7.35. The van der Waals surface area contributed by atoms with Gasteiger partial charge in [-0.05, 0) is 36.8 Å². The van der Waals surface area contributed by atoms with Gasteiger partial charge in [0.1, 0.15) is 0 Å². The van der Waals surface area contributed by atoms with Gasteiger partial charge in [0, 0.05) is 5.56 Å². The van der Waals surface area contributed by atoms with E-state index in [4.69, 9.17) is 9.47 Å². The van der Waals surface area contributed by atoms with Crippen molar-refractivity contribution >= 4 is 23.9 Å². The minimum atomic E-state index is -0.550. The molecule has 0 fully saturated rings. The summed E-state index contributed by atoms with van der Waals surface area (Å²) < 4.78 is 9.99. The number of nitrogens with zero attached hydrogens (tertiary/aromatic N) is 1. The molecule has 2 aromatic carbocycles. The van der Waals surface area contributed by atoms with Crippen molar-refractivity contribution in [1.29, 1.82) is 0 Å². The van der Waals surface area contributed by atoms with E-state index in [0.717, 1.165) is 11.1 Å². The largest absolute Gasteiger partial charge is 0.465 e. The van der Waals surface area contributed by atoms with Gasteiger partial charge >= 0.3 is 11.9 Å². The Morgan fingerprint density at radius 2 is 1.96 bits per heavy atom. The van der Waals surface area contributed by atoms with Gasteiger partial charge in [0.15, 0.2) is 5.70 Å². The van der Waals surface area contributed by atoms with Crippen LogP contribution < -0.4 is 0 Å². The van der Waals surface area contributed by atoms with Crippen molar-refractivity contribution in [3.05, 3.63) is 76.5 Å². The molecule has 1 aliphatic heterocycles. The highest BCUT2D eigenvalue weighted by Crippen LogP contribution is 2.21. The first-order valence-corrected chi connectivity index (χ1v) is 7.35. The van der Waals surface area contributed by atoms with Crippen molar-refractivity contribution in [3.63, 3.8) is 0 Å². The quantitative estimate of drug-likeness (QED) is 0.643. The summed E-state index contributed by atoms with van der Waals surface area (Å²) in [5.41, 5.74) is 2.82. The van der Waals surface area contributed by atoms with Crippen molar-refractivity contribution in [2.24, 2.45) is 4.99 Å². The molecule has 120 valence electrons. The predicted octanol–water partition coefficient (Wildman–Crippen LogP) is 3.13. The van der Waals surface area contributed by atoms with E-state index in [1.54, 1.807) is 24.3 Å². The molecule has 2 aromatic rings. The maximum Gasteiger partial charge on any atom is 0.363 e. The Hall–Kier alpha value is -3.21. The molecule has 0 aliphatic carbocycles. The van der Waals surface area contributed by atoms with Crippen LogP contribution in [-0.4, -0.2) is 24.9 Å². The highest BCUT2D eigenvalue weighted by Gasteiger charge is 2.24. The molecular formula is C19H15NO4.